The van der Waals surface area contributed by atoms with Gasteiger partial charge < -0.3 is 0 Å². The molecule has 0 radical (unpaired) electrons. The van der Waals surface area contributed by atoms with Gasteiger partial charge in [-0.15, -0.1) is 4.52 Å². The molecule has 0 aliphatic rings. The molecule has 0 rings (SSSR count). The van der Waals surface area contributed by atoms with Crippen molar-refractivity contribution in [3.05, 3.63) is 0 Å². The SMILES string of the molecule is CCO[P+](=O)CC(OS(C)(=O)=O)C(C)=O. The van der Waals surface area contributed by atoms with Crippen LogP contribution in [0.2, 0.25) is 0 Å². The van der Waals surface area contributed by atoms with Crippen LogP contribution in [0, 0.1) is 0 Å². The van der Waals surface area contributed by atoms with Crippen LogP contribution in [0.3, 0.4) is 0 Å². The number of carbonyl (C=O) groups is 1. The van der Waals surface area contributed by atoms with E-state index in [0.717, 1.165) is 6.26 Å². The first-order valence-corrected chi connectivity index (χ1v) is 7.40. The van der Waals surface area contributed by atoms with Crippen LogP contribution in [-0.4, -0.2) is 39.3 Å². The second kappa shape index (κ2) is 6.27. The standard InChI is InChI=1S/C7H14O6PS/c1-4-12-14(9)5-7(6(2)8)13-15(3,10)11/h7H,4-5H2,1-3H3/q+1. The van der Waals surface area contributed by atoms with E-state index in [1.165, 1.54) is 6.92 Å². The summed E-state index contributed by atoms with van der Waals surface area (Å²) in [6, 6.07) is 0. The van der Waals surface area contributed by atoms with Crippen LogP contribution in [0.15, 0.2) is 0 Å². The first-order chi connectivity index (χ1) is 6.76. The van der Waals surface area contributed by atoms with Crippen molar-refractivity contribution in [2.75, 3.05) is 19.0 Å². The summed E-state index contributed by atoms with van der Waals surface area (Å²) in [7, 11) is -5.80. The topological polar surface area (TPSA) is 86.7 Å². The van der Waals surface area contributed by atoms with Crippen LogP contribution in [0.4, 0.5) is 0 Å². The molecular weight excluding hydrogens is 243 g/mol. The predicted molar refractivity (Wildman–Crippen MR) is 54.5 cm³/mol. The molecule has 0 N–H and O–H groups in total. The lowest BCUT2D eigenvalue weighted by molar-refractivity contribution is -0.122. The normalized spacial score (nSPS) is 14.7. The third kappa shape index (κ3) is 7.56. The second-order valence-electron chi connectivity index (χ2n) is 2.83. The van der Waals surface area contributed by atoms with Gasteiger partial charge in [-0.3, -0.25) is 8.98 Å². The zero-order valence-electron chi connectivity index (χ0n) is 8.80. The monoisotopic (exact) mass is 257 g/mol. The molecule has 88 valence electrons. The van der Waals surface area contributed by atoms with Gasteiger partial charge in [0.05, 0.1) is 12.9 Å². The second-order valence-corrected chi connectivity index (χ2v) is 5.72. The fourth-order valence-electron chi connectivity index (χ4n) is 0.770. The molecule has 0 saturated carbocycles. The number of hydrogen-bond acceptors (Lipinski definition) is 6. The average molecular weight is 257 g/mol. The van der Waals surface area contributed by atoms with Gasteiger partial charge in [0.2, 0.25) is 6.16 Å². The maximum Gasteiger partial charge on any atom is 0.511 e. The Morgan fingerprint density at radius 3 is 2.33 bits per heavy atom. The summed E-state index contributed by atoms with van der Waals surface area (Å²) in [5, 5.41) is 0. The minimum atomic E-state index is -3.73. The van der Waals surface area contributed by atoms with Crippen LogP contribution in [0.1, 0.15) is 13.8 Å². The Morgan fingerprint density at radius 1 is 1.47 bits per heavy atom. The Kier molecular flexibility index (Phi) is 6.12. The molecule has 0 aromatic heterocycles. The van der Waals surface area contributed by atoms with E-state index in [1.54, 1.807) is 6.92 Å². The van der Waals surface area contributed by atoms with Crippen LogP contribution in [0.5, 0.6) is 0 Å². The van der Waals surface area contributed by atoms with Gasteiger partial charge in [0.1, 0.15) is 0 Å². The highest BCUT2D eigenvalue weighted by atomic mass is 32.2. The van der Waals surface area contributed by atoms with Crippen molar-refractivity contribution in [3.8, 4) is 0 Å². The van der Waals surface area contributed by atoms with E-state index in [1.807, 2.05) is 0 Å². The van der Waals surface area contributed by atoms with Gasteiger partial charge >= 0.3 is 8.03 Å². The van der Waals surface area contributed by atoms with Crippen molar-refractivity contribution < 1.29 is 26.5 Å². The molecule has 8 heteroatoms. The molecule has 0 amide bonds. The minimum absolute atomic E-state index is 0.235. The number of Topliss-reactive ketones (excluding diaryl/α,β-unsaturated/α-hetero) is 1. The molecule has 0 aromatic rings. The first kappa shape index (κ1) is 14.6. The Balaban J connectivity index is 4.43. The lowest BCUT2D eigenvalue weighted by Gasteiger charge is -2.06. The van der Waals surface area contributed by atoms with Gasteiger partial charge in [-0.2, -0.15) is 8.42 Å². The van der Waals surface area contributed by atoms with Crippen molar-refractivity contribution in [3.63, 3.8) is 0 Å². The molecule has 2 atom stereocenters. The molecule has 0 spiro atoms. The number of rotatable bonds is 7. The van der Waals surface area contributed by atoms with E-state index in [0.29, 0.717) is 0 Å². The molecule has 0 aliphatic heterocycles. The maximum atomic E-state index is 11.1. The predicted octanol–water partition coefficient (Wildman–Crippen LogP) is 0.699. The highest BCUT2D eigenvalue weighted by molar-refractivity contribution is 7.86. The third-order valence-electron chi connectivity index (χ3n) is 1.33. The van der Waals surface area contributed by atoms with Crippen LogP contribution < -0.4 is 0 Å². The molecule has 0 bridgehead atoms. The van der Waals surface area contributed by atoms with E-state index >= 15 is 0 Å². The van der Waals surface area contributed by atoms with Crippen molar-refractivity contribution >= 4 is 23.9 Å². The minimum Gasteiger partial charge on any atom is -0.297 e. The van der Waals surface area contributed by atoms with Gasteiger partial charge in [0, 0.05) is 0 Å². The Bertz CT molecular complexity index is 335. The summed E-state index contributed by atoms with van der Waals surface area (Å²) < 4.78 is 41.9. The molecule has 0 fully saturated rings. The van der Waals surface area contributed by atoms with Gasteiger partial charge in [-0.05, 0) is 18.4 Å². The first-order valence-electron chi connectivity index (χ1n) is 4.22. The average Bonchev–Trinajstić information content (AvgIpc) is 2.00. The van der Waals surface area contributed by atoms with Crippen LogP contribution in [-0.2, 0) is 28.2 Å². The number of hydrogen-bond donors (Lipinski definition) is 0. The molecular formula is C7H14O6PS+. The fraction of sp³-hybridized carbons (Fsp3) is 0.857. The summed E-state index contributed by atoms with van der Waals surface area (Å²) in [6.07, 6.45) is -0.641. The fourth-order valence-corrected chi connectivity index (χ4v) is 2.49. The molecule has 0 aromatic carbocycles. The van der Waals surface area contributed by atoms with E-state index in [2.05, 4.69) is 4.18 Å². The molecule has 6 nitrogen and oxygen atoms in total. The Morgan fingerprint density at radius 2 is 2.00 bits per heavy atom. The van der Waals surface area contributed by atoms with Crippen LogP contribution in [0.25, 0.3) is 0 Å². The van der Waals surface area contributed by atoms with Gasteiger partial charge in [0.15, 0.2) is 11.9 Å². The smallest absolute Gasteiger partial charge is 0.297 e. The maximum absolute atomic E-state index is 11.1. The molecule has 0 saturated heterocycles. The molecule has 2 unspecified atom stereocenters. The third-order valence-corrected chi connectivity index (χ3v) is 3.09. The highest BCUT2D eigenvalue weighted by Crippen LogP contribution is 2.24. The van der Waals surface area contributed by atoms with E-state index < -0.39 is 30.0 Å². The van der Waals surface area contributed by atoms with Gasteiger partial charge in [0.25, 0.3) is 10.1 Å². The van der Waals surface area contributed by atoms with E-state index in [4.69, 9.17) is 4.52 Å². The lowest BCUT2D eigenvalue weighted by atomic mass is 10.3. The molecule has 0 aliphatic carbocycles. The Hall–Kier alpha value is -0.360. The van der Waals surface area contributed by atoms with Gasteiger partial charge in [-0.25, -0.2) is 0 Å². The van der Waals surface area contributed by atoms with Crippen LogP contribution >= 0.6 is 8.03 Å². The molecule has 15 heavy (non-hydrogen) atoms. The summed E-state index contributed by atoms with van der Waals surface area (Å²) in [6.45, 7) is 3.05. The van der Waals surface area contributed by atoms with E-state index in [9.17, 15) is 17.8 Å². The largest absolute Gasteiger partial charge is 0.511 e. The zero-order chi connectivity index (χ0) is 12.1. The summed E-state index contributed by atoms with van der Waals surface area (Å²) in [4.78, 5) is 11.0. The number of carbonyl (C=O) groups excluding carboxylic acids is 1. The van der Waals surface area contributed by atoms with Crippen molar-refractivity contribution in [2.24, 2.45) is 0 Å². The summed E-state index contributed by atoms with van der Waals surface area (Å²) >= 11 is 0. The van der Waals surface area contributed by atoms with Crippen molar-refractivity contribution in [1.29, 1.82) is 0 Å². The summed E-state index contributed by atoms with van der Waals surface area (Å²) in [5.41, 5.74) is 0. The van der Waals surface area contributed by atoms with Crippen molar-refractivity contribution in [1.82, 2.24) is 0 Å². The molecule has 0 heterocycles. The lowest BCUT2D eigenvalue weighted by Crippen LogP contribution is -2.27. The van der Waals surface area contributed by atoms with Gasteiger partial charge in [-0.1, -0.05) is 0 Å². The highest BCUT2D eigenvalue weighted by Gasteiger charge is 2.31. The van der Waals surface area contributed by atoms with Crippen molar-refractivity contribution in [2.45, 2.75) is 20.0 Å². The number of ketones is 1. The zero-order valence-corrected chi connectivity index (χ0v) is 10.5. The van der Waals surface area contributed by atoms with E-state index in [-0.39, 0.29) is 12.8 Å². The Labute approximate surface area is 89.9 Å². The summed E-state index contributed by atoms with van der Waals surface area (Å²) in [5.74, 6) is -0.497. The quantitative estimate of drug-likeness (QED) is 0.493.